The second-order valence-electron chi connectivity index (χ2n) is 7.29. The highest BCUT2D eigenvalue weighted by atomic mass is 32.1. The fourth-order valence-corrected chi connectivity index (χ4v) is 5.12. The van der Waals surface area contributed by atoms with Crippen LogP contribution >= 0.6 is 11.3 Å². The number of fused-ring (bicyclic) bond motifs is 1. The first-order valence-electron chi connectivity index (χ1n) is 9.60. The lowest BCUT2D eigenvalue weighted by atomic mass is 9.73. The second-order valence-corrected chi connectivity index (χ2v) is 8.32. The molecule has 0 bridgehead atoms. The fourth-order valence-electron chi connectivity index (χ4n) is 4.36. The van der Waals surface area contributed by atoms with Gasteiger partial charge >= 0.3 is 0 Å². The van der Waals surface area contributed by atoms with E-state index in [1.54, 1.807) is 0 Å². The maximum atomic E-state index is 10.0. The SMILES string of the molecule is CCCC(CCCCc1cccs1)C1CCc2c(O)cccc2C1. The van der Waals surface area contributed by atoms with Crippen molar-refractivity contribution in [3.8, 4) is 5.75 Å². The van der Waals surface area contributed by atoms with Crippen LogP contribution in [0.3, 0.4) is 0 Å². The van der Waals surface area contributed by atoms with E-state index >= 15 is 0 Å². The average molecular weight is 343 g/mol. The van der Waals surface area contributed by atoms with Gasteiger partial charge in [-0.15, -0.1) is 11.3 Å². The number of phenolic OH excluding ortho intramolecular Hbond substituents is 1. The second kappa shape index (κ2) is 8.71. The van der Waals surface area contributed by atoms with Crippen molar-refractivity contribution in [2.45, 2.75) is 64.7 Å². The molecular weight excluding hydrogens is 312 g/mol. The Labute approximate surface area is 150 Å². The van der Waals surface area contributed by atoms with Crippen molar-refractivity contribution in [2.24, 2.45) is 11.8 Å². The van der Waals surface area contributed by atoms with Crippen LogP contribution in [0.4, 0.5) is 0 Å². The number of hydrogen-bond donors (Lipinski definition) is 1. The number of thiophene rings is 1. The summed E-state index contributed by atoms with van der Waals surface area (Å²) in [6.45, 7) is 2.32. The summed E-state index contributed by atoms with van der Waals surface area (Å²) >= 11 is 1.89. The van der Waals surface area contributed by atoms with E-state index in [1.165, 1.54) is 67.4 Å². The lowest BCUT2D eigenvalue weighted by Gasteiger charge is -2.32. The maximum absolute atomic E-state index is 10.0. The first kappa shape index (κ1) is 17.5. The van der Waals surface area contributed by atoms with Crippen LogP contribution in [0.5, 0.6) is 5.75 Å². The molecule has 0 amide bonds. The molecule has 0 radical (unpaired) electrons. The quantitative estimate of drug-likeness (QED) is 0.551. The van der Waals surface area contributed by atoms with Crippen LogP contribution in [0, 0.1) is 11.8 Å². The number of aryl methyl sites for hydroxylation is 1. The van der Waals surface area contributed by atoms with Gasteiger partial charge in [0.2, 0.25) is 0 Å². The van der Waals surface area contributed by atoms with Crippen LogP contribution in [-0.2, 0) is 19.3 Å². The van der Waals surface area contributed by atoms with Crippen molar-refractivity contribution in [1.29, 1.82) is 0 Å². The van der Waals surface area contributed by atoms with Gasteiger partial charge in [0.25, 0.3) is 0 Å². The third-order valence-corrected chi connectivity index (χ3v) is 6.59. The molecule has 1 aromatic heterocycles. The lowest BCUT2D eigenvalue weighted by Crippen LogP contribution is -2.23. The van der Waals surface area contributed by atoms with E-state index in [0.29, 0.717) is 5.75 Å². The van der Waals surface area contributed by atoms with E-state index in [9.17, 15) is 5.11 Å². The number of benzene rings is 1. The van der Waals surface area contributed by atoms with Crippen molar-refractivity contribution in [3.63, 3.8) is 0 Å². The first-order valence-corrected chi connectivity index (χ1v) is 10.5. The van der Waals surface area contributed by atoms with Crippen LogP contribution in [0.25, 0.3) is 0 Å². The Morgan fingerprint density at radius 1 is 1.17 bits per heavy atom. The van der Waals surface area contributed by atoms with Gasteiger partial charge in [0.15, 0.2) is 0 Å². The minimum atomic E-state index is 0.508. The molecule has 1 heterocycles. The Morgan fingerprint density at radius 3 is 2.88 bits per heavy atom. The summed E-state index contributed by atoms with van der Waals surface area (Å²) in [5.74, 6) is 2.17. The van der Waals surface area contributed by atoms with Gasteiger partial charge in [0, 0.05) is 4.88 Å². The Balaban J connectivity index is 1.53. The number of phenols is 1. The molecule has 0 fully saturated rings. The Kier molecular flexibility index (Phi) is 6.37. The summed E-state index contributed by atoms with van der Waals surface area (Å²) in [5.41, 5.74) is 2.60. The number of rotatable bonds is 8. The van der Waals surface area contributed by atoms with Crippen molar-refractivity contribution in [2.75, 3.05) is 0 Å². The van der Waals surface area contributed by atoms with Crippen molar-refractivity contribution < 1.29 is 5.11 Å². The summed E-state index contributed by atoms with van der Waals surface area (Å²) in [6.07, 6.45) is 11.4. The third kappa shape index (κ3) is 4.42. The van der Waals surface area contributed by atoms with E-state index < -0.39 is 0 Å². The van der Waals surface area contributed by atoms with Gasteiger partial charge in [-0.2, -0.15) is 0 Å². The van der Waals surface area contributed by atoms with Gasteiger partial charge in [-0.25, -0.2) is 0 Å². The number of unbranched alkanes of at least 4 members (excludes halogenated alkanes) is 1. The zero-order chi connectivity index (χ0) is 16.8. The van der Waals surface area contributed by atoms with Gasteiger partial charge in [-0.1, -0.05) is 50.8 Å². The summed E-state index contributed by atoms with van der Waals surface area (Å²) in [6, 6.07) is 10.5. The molecule has 1 aliphatic carbocycles. The van der Waals surface area contributed by atoms with Gasteiger partial charge in [0.1, 0.15) is 5.75 Å². The molecule has 0 saturated carbocycles. The molecule has 3 rings (SSSR count). The molecule has 2 heteroatoms. The topological polar surface area (TPSA) is 20.2 Å². The predicted molar refractivity (Wildman–Crippen MR) is 104 cm³/mol. The molecule has 1 N–H and O–H groups in total. The molecule has 0 aliphatic heterocycles. The van der Waals surface area contributed by atoms with Crippen molar-refractivity contribution >= 4 is 11.3 Å². The van der Waals surface area contributed by atoms with Gasteiger partial charge in [-0.05, 0) is 72.6 Å². The molecule has 2 atom stereocenters. The number of hydrogen-bond acceptors (Lipinski definition) is 2. The summed E-state index contributed by atoms with van der Waals surface area (Å²) < 4.78 is 0. The minimum absolute atomic E-state index is 0.508. The highest BCUT2D eigenvalue weighted by molar-refractivity contribution is 7.09. The van der Waals surface area contributed by atoms with E-state index in [0.717, 1.165) is 18.3 Å². The minimum Gasteiger partial charge on any atom is -0.508 e. The van der Waals surface area contributed by atoms with Gasteiger partial charge in [-0.3, -0.25) is 0 Å². The molecule has 0 saturated heterocycles. The molecule has 1 aromatic carbocycles. The van der Waals surface area contributed by atoms with Gasteiger partial charge in [0.05, 0.1) is 0 Å². The predicted octanol–water partition coefficient (Wildman–Crippen LogP) is 6.39. The zero-order valence-electron chi connectivity index (χ0n) is 14.8. The first-order chi connectivity index (χ1) is 11.8. The Hall–Kier alpha value is -1.28. The lowest BCUT2D eigenvalue weighted by molar-refractivity contribution is 0.256. The molecule has 24 heavy (non-hydrogen) atoms. The summed E-state index contributed by atoms with van der Waals surface area (Å²) in [4.78, 5) is 1.53. The van der Waals surface area contributed by atoms with E-state index in [4.69, 9.17) is 0 Å². The van der Waals surface area contributed by atoms with E-state index in [2.05, 4.69) is 30.5 Å². The van der Waals surface area contributed by atoms with Crippen molar-refractivity contribution in [3.05, 3.63) is 51.7 Å². The van der Waals surface area contributed by atoms with Crippen LogP contribution < -0.4 is 0 Å². The molecule has 130 valence electrons. The van der Waals surface area contributed by atoms with Crippen LogP contribution in [-0.4, -0.2) is 5.11 Å². The third-order valence-electron chi connectivity index (χ3n) is 5.65. The van der Waals surface area contributed by atoms with E-state index in [-0.39, 0.29) is 0 Å². The highest BCUT2D eigenvalue weighted by Gasteiger charge is 2.26. The van der Waals surface area contributed by atoms with Crippen molar-refractivity contribution in [1.82, 2.24) is 0 Å². The molecular formula is C22H30OS. The van der Waals surface area contributed by atoms with Crippen LogP contribution in [0.2, 0.25) is 0 Å². The molecule has 0 spiro atoms. The summed E-state index contributed by atoms with van der Waals surface area (Å²) in [7, 11) is 0. The highest BCUT2D eigenvalue weighted by Crippen LogP contribution is 2.37. The molecule has 1 aliphatic rings. The monoisotopic (exact) mass is 342 g/mol. The van der Waals surface area contributed by atoms with Crippen LogP contribution in [0.1, 0.15) is 61.5 Å². The smallest absolute Gasteiger partial charge is 0.119 e. The Bertz CT molecular complexity index is 617. The zero-order valence-corrected chi connectivity index (χ0v) is 15.7. The van der Waals surface area contributed by atoms with E-state index in [1.807, 2.05) is 23.5 Å². The largest absolute Gasteiger partial charge is 0.508 e. The van der Waals surface area contributed by atoms with Crippen LogP contribution in [0.15, 0.2) is 35.7 Å². The van der Waals surface area contributed by atoms with Gasteiger partial charge < -0.3 is 5.11 Å². The molecule has 2 aromatic rings. The molecule has 1 nitrogen and oxygen atoms in total. The standard InChI is InChI=1S/C22H30OS/c1-2-7-17(8-3-4-10-20-11-6-15-24-20)18-13-14-21-19(16-18)9-5-12-22(21)23/h5-6,9,11-12,15,17-18,23H,2-4,7-8,10,13-14,16H2,1H3. The summed E-state index contributed by atoms with van der Waals surface area (Å²) in [5, 5.41) is 12.2. The average Bonchev–Trinajstić information content (AvgIpc) is 3.11. The molecule has 2 unspecified atom stereocenters. The number of aromatic hydroxyl groups is 1. The Morgan fingerprint density at radius 2 is 2.08 bits per heavy atom. The maximum Gasteiger partial charge on any atom is 0.119 e. The fraction of sp³-hybridized carbons (Fsp3) is 0.545. The normalized spacial score (nSPS) is 18.3.